The Balaban J connectivity index is 1.94. The highest BCUT2D eigenvalue weighted by Gasteiger charge is 2.23. The van der Waals surface area contributed by atoms with E-state index < -0.39 is 5.82 Å². The van der Waals surface area contributed by atoms with Crippen LogP contribution >= 0.6 is 0 Å². The third kappa shape index (κ3) is 3.47. The van der Waals surface area contributed by atoms with Crippen LogP contribution in [-0.4, -0.2) is 23.1 Å². The summed E-state index contributed by atoms with van der Waals surface area (Å²) in [5, 5.41) is 9.72. The van der Waals surface area contributed by atoms with Crippen molar-refractivity contribution in [2.24, 2.45) is 5.92 Å². The predicted molar refractivity (Wildman–Crippen MR) is 75.6 cm³/mol. The van der Waals surface area contributed by atoms with Gasteiger partial charge in [0.1, 0.15) is 0 Å². The predicted octanol–water partition coefficient (Wildman–Crippen LogP) is 3.93. The fraction of sp³-hybridized carbons (Fsp3) is 0.625. The lowest BCUT2D eigenvalue weighted by molar-refractivity contribution is 0.156. The molecule has 1 aromatic carbocycles. The SMILES string of the molecule is CCC1CCC(N(C)Cc2cccc(F)c2O)CC1. The molecule has 0 spiro atoms. The maximum atomic E-state index is 13.3. The summed E-state index contributed by atoms with van der Waals surface area (Å²) < 4.78 is 13.3. The summed E-state index contributed by atoms with van der Waals surface area (Å²) >= 11 is 0. The number of halogens is 1. The standard InChI is InChI=1S/C16H24FNO/c1-3-12-7-9-14(10-8-12)18(2)11-13-5-4-6-15(17)16(13)19/h4-6,12,14,19H,3,7-11H2,1-2H3. The molecular formula is C16H24FNO. The number of hydrogen-bond donors (Lipinski definition) is 1. The average molecular weight is 265 g/mol. The first-order chi connectivity index (χ1) is 9.11. The van der Waals surface area contributed by atoms with Gasteiger partial charge in [-0.2, -0.15) is 0 Å². The first kappa shape index (κ1) is 14.3. The van der Waals surface area contributed by atoms with E-state index in [1.54, 1.807) is 12.1 Å². The van der Waals surface area contributed by atoms with Gasteiger partial charge in [-0.05, 0) is 44.7 Å². The maximum Gasteiger partial charge on any atom is 0.165 e. The lowest BCUT2D eigenvalue weighted by Gasteiger charge is -2.34. The van der Waals surface area contributed by atoms with Crippen molar-refractivity contribution >= 4 is 0 Å². The molecule has 106 valence electrons. The minimum absolute atomic E-state index is 0.198. The molecular weight excluding hydrogens is 241 g/mol. The summed E-state index contributed by atoms with van der Waals surface area (Å²) in [5.41, 5.74) is 0.681. The van der Waals surface area contributed by atoms with Crippen molar-refractivity contribution in [1.29, 1.82) is 0 Å². The summed E-state index contributed by atoms with van der Waals surface area (Å²) in [6.07, 6.45) is 6.29. The number of phenols is 1. The van der Waals surface area contributed by atoms with E-state index in [1.807, 2.05) is 0 Å². The van der Waals surface area contributed by atoms with E-state index in [0.29, 0.717) is 18.2 Å². The number of hydrogen-bond acceptors (Lipinski definition) is 2. The average Bonchev–Trinajstić information content (AvgIpc) is 2.44. The summed E-state index contributed by atoms with van der Waals surface area (Å²) in [4.78, 5) is 2.25. The van der Waals surface area contributed by atoms with Crippen LogP contribution in [0.25, 0.3) is 0 Å². The van der Waals surface area contributed by atoms with Crippen molar-refractivity contribution in [2.75, 3.05) is 7.05 Å². The minimum Gasteiger partial charge on any atom is -0.505 e. The zero-order valence-electron chi connectivity index (χ0n) is 11.9. The van der Waals surface area contributed by atoms with Crippen molar-refractivity contribution in [3.8, 4) is 5.75 Å². The monoisotopic (exact) mass is 265 g/mol. The highest BCUT2D eigenvalue weighted by Crippen LogP contribution is 2.30. The van der Waals surface area contributed by atoms with Crippen LogP contribution in [0.2, 0.25) is 0 Å². The van der Waals surface area contributed by atoms with Gasteiger partial charge < -0.3 is 5.11 Å². The van der Waals surface area contributed by atoms with E-state index in [1.165, 1.54) is 38.2 Å². The highest BCUT2D eigenvalue weighted by molar-refractivity contribution is 5.33. The third-order valence-corrected chi connectivity index (χ3v) is 4.51. The molecule has 3 heteroatoms. The molecule has 19 heavy (non-hydrogen) atoms. The van der Waals surface area contributed by atoms with Gasteiger partial charge in [0.05, 0.1) is 0 Å². The molecule has 0 aliphatic heterocycles. The van der Waals surface area contributed by atoms with E-state index >= 15 is 0 Å². The van der Waals surface area contributed by atoms with E-state index in [2.05, 4.69) is 18.9 Å². The number of benzene rings is 1. The molecule has 0 saturated heterocycles. The second kappa shape index (κ2) is 6.38. The van der Waals surface area contributed by atoms with Gasteiger partial charge in [-0.25, -0.2) is 4.39 Å². The van der Waals surface area contributed by atoms with Gasteiger partial charge in [-0.1, -0.05) is 25.5 Å². The van der Waals surface area contributed by atoms with Gasteiger partial charge >= 0.3 is 0 Å². The molecule has 0 atom stereocenters. The maximum absolute atomic E-state index is 13.3. The number of rotatable bonds is 4. The minimum atomic E-state index is -0.527. The second-order valence-corrected chi connectivity index (χ2v) is 5.75. The van der Waals surface area contributed by atoms with Crippen LogP contribution in [0.5, 0.6) is 5.75 Å². The molecule has 1 fully saturated rings. The molecule has 0 radical (unpaired) electrons. The fourth-order valence-corrected chi connectivity index (χ4v) is 3.08. The normalized spacial score (nSPS) is 23.8. The van der Waals surface area contributed by atoms with Crippen molar-refractivity contribution < 1.29 is 9.50 Å². The Morgan fingerprint density at radius 3 is 2.58 bits per heavy atom. The molecule has 1 saturated carbocycles. The van der Waals surface area contributed by atoms with Gasteiger partial charge in [-0.15, -0.1) is 0 Å². The number of para-hydroxylation sites is 1. The number of phenolic OH excluding ortho intramolecular Hbond substituents is 1. The number of nitrogens with zero attached hydrogens (tertiary/aromatic N) is 1. The van der Waals surface area contributed by atoms with Gasteiger partial charge in [0.15, 0.2) is 11.6 Å². The van der Waals surface area contributed by atoms with Crippen molar-refractivity contribution in [2.45, 2.75) is 51.6 Å². The Bertz CT molecular complexity index is 413. The molecule has 2 rings (SSSR count). The Morgan fingerprint density at radius 2 is 1.95 bits per heavy atom. The lowest BCUT2D eigenvalue weighted by Crippen LogP contribution is -2.34. The Morgan fingerprint density at radius 1 is 1.26 bits per heavy atom. The molecule has 0 heterocycles. The van der Waals surface area contributed by atoms with E-state index in [0.717, 1.165) is 5.92 Å². The Labute approximate surface area is 115 Å². The zero-order chi connectivity index (χ0) is 13.8. The molecule has 0 aromatic heterocycles. The van der Waals surface area contributed by atoms with E-state index in [-0.39, 0.29) is 5.75 Å². The van der Waals surface area contributed by atoms with Crippen molar-refractivity contribution in [3.63, 3.8) is 0 Å². The molecule has 0 unspecified atom stereocenters. The van der Waals surface area contributed by atoms with Gasteiger partial charge in [0.25, 0.3) is 0 Å². The molecule has 0 bridgehead atoms. The largest absolute Gasteiger partial charge is 0.505 e. The van der Waals surface area contributed by atoms with E-state index in [9.17, 15) is 9.50 Å². The van der Waals surface area contributed by atoms with Gasteiger partial charge in [-0.3, -0.25) is 4.90 Å². The molecule has 2 nitrogen and oxygen atoms in total. The van der Waals surface area contributed by atoms with Crippen LogP contribution in [0, 0.1) is 11.7 Å². The van der Waals surface area contributed by atoms with Crippen LogP contribution in [0.1, 0.15) is 44.6 Å². The fourth-order valence-electron chi connectivity index (χ4n) is 3.08. The molecule has 1 N–H and O–H groups in total. The van der Waals surface area contributed by atoms with E-state index in [4.69, 9.17) is 0 Å². The van der Waals surface area contributed by atoms with Crippen LogP contribution in [0.4, 0.5) is 4.39 Å². The van der Waals surface area contributed by atoms with Crippen LogP contribution in [0.3, 0.4) is 0 Å². The lowest BCUT2D eigenvalue weighted by atomic mass is 9.84. The summed E-state index contributed by atoms with van der Waals surface area (Å²) in [5.74, 6) is 0.157. The quantitative estimate of drug-likeness (QED) is 0.891. The van der Waals surface area contributed by atoms with Gasteiger partial charge in [0.2, 0.25) is 0 Å². The van der Waals surface area contributed by atoms with Crippen LogP contribution in [0.15, 0.2) is 18.2 Å². The van der Waals surface area contributed by atoms with Crippen LogP contribution in [-0.2, 0) is 6.54 Å². The van der Waals surface area contributed by atoms with Crippen LogP contribution < -0.4 is 0 Å². The zero-order valence-corrected chi connectivity index (χ0v) is 11.9. The second-order valence-electron chi connectivity index (χ2n) is 5.75. The highest BCUT2D eigenvalue weighted by atomic mass is 19.1. The molecule has 1 aliphatic carbocycles. The van der Waals surface area contributed by atoms with Crippen molar-refractivity contribution in [1.82, 2.24) is 4.90 Å². The third-order valence-electron chi connectivity index (χ3n) is 4.51. The first-order valence-corrected chi connectivity index (χ1v) is 7.28. The van der Waals surface area contributed by atoms with Crippen molar-refractivity contribution in [3.05, 3.63) is 29.6 Å². The summed E-state index contributed by atoms with van der Waals surface area (Å²) in [7, 11) is 2.07. The molecule has 1 aromatic rings. The summed E-state index contributed by atoms with van der Waals surface area (Å²) in [6, 6.07) is 5.31. The smallest absolute Gasteiger partial charge is 0.165 e. The Kier molecular flexibility index (Phi) is 4.81. The number of aromatic hydroxyl groups is 1. The van der Waals surface area contributed by atoms with Gasteiger partial charge in [0, 0.05) is 18.2 Å². The Hall–Kier alpha value is -1.09. The first-order valence-electron chi connectivity index (χ1n) is 7.28. The summed E-state index contributed by atoms with van der Waals surface area (Å²) in [6.45, 7) is 2.88. The molecule has 1 aliphatic rings. The molecule has 0 amide bonds. The topological polar surface area (TPSA) is 23.5 Å².